The standard InChI is InChI=1S/C13H16N2O2/c14-13-6-5-11-10(9-17-8-2-7-16)3-1-4-12(11)15-13/h1,3-6,16H,2,7-9H2,(H2,14,15). The Morgan fingerprint density at radius 1 is 1.24 bits per heavy atom. The van der Waals surface area contributed by atoms with Crippen molar-refractivity contribution >= 4 is 16.7 Å². The number of hydrogen-bond donors (Lipinski definition) is 2. The van der Waals surface area contributed by atoms with Gasteiger partial charge in [-0.05, 0) is 30.2 Å². The molecule has 0 aliphatic carbocycles. The Balaban J connectivity index is 2.16. The van der Waals surface area contributed by atoms with Crippen LogP contribution in [0.2, 0.25) is 0 Å². The van der Waals surface area contributed by atoms with Crippen LogP contribution in [0.3, 0.4) is 0 Å². The summed E-state index contributed by atoms with van der Waals surface area (Å²) in [7, 11) is 0. The van der Waals surface area contributed by atoms with Crippen molar-refractivity contribution in [3.63, 3.8) is 0 Å². The van der Waals surface area contributed by atoms with Gasteiger partial charge in [0.2, 0.25) is 0 Å². The van der Waals surface area contributed by atoms with Gasteiger partial charge in [-0.1, -0.05) is 12.1 Å². The zero-order chi connectivity index (χ0) is 12.1. The van der Waals surface area contributed by atoms with Gasteiger partial charge in [-0.3, -0.25) is 0 Å². The van der Waals surface area contributed by atoms with Crippen LogP contribution in [0.1, 0.15) is 12.0 Å². The molecule has 90 valence electrons. The lowest BCUT2D eigenvalue weighted by Crippen LogP contribution is -1.99. The third kappa shape index (κ3) is 2.93. The van der Waals surface area contributed by atoms with E-state index >= 15 is 0 Å². The summed E-state index contributed by atoms with van der Waals surface area (Å²) in [6.45, 7) is 1.26. The van der Waals surface area contributed by atoms with Gasteiger partial charge in [0.25, 0.3) is 0 Å². The number of benzene rings is 1. The van der Waals surface area contributed by atoms with Gasteiger partial charge in [-0.2, -0.15) is 0 Å². The fourth-order valence-electron chi connectivity index (χ4n) is 1.71. The summed E-state index contributed by atoms with van der Waals surface area (Å²) in [5.74, 6) is 0.524. The number of nitrogens with zero attached hydrogens (tertiary/aromatic N) is 1. The van der Waals surface area contributed by atoms with Crippen molar-refractivity contribution in [3.8, 4) is 0 Å². The van der Waals surface area contributed by atoms with Crippen LogP contribution < -0.4 is 5.73 Å². The van der Waals surface area contributed by atoms with Crippen molar-refractivity contribution < 1.29 is 9.84 Å². The molecule has 0 fully saturated rings. The number of anilines is 1. The van der Waals surface area contributed by atoms with Gasteiger partial charge in [-0.15, -0.1) is 0 Å². The van der Waals surface area contributed by atoms with Crippen molar-refractivity contribution in [1.29, 1.82) is 0 Å². The highest BCUT2D eigenvalue weighted by Crippen LogP contribution is 2.19. The fraction of sp³-hybridized carbons (Fsp3) is 0.308. The molecule has 0 radical (unpaired) electrons. The molecule has 0 saturated carbocycles. The molecular formula is C13H16N2O2. The lowest BCUT2D eigenvalue weighted by molar-refractivity contribution is 0.105. The third-order valence-corrected chi connectivity index (χ3v) is 2.55. The smallest absolute Gasteiger partial charge is 0.124 e. The minimum atomic E-state index is 0.160. The van der Waals surface area contributed by atoms with E-state index in [1.165, 1.54) is 0 Å². The highest BCUT2D eigenvalue weighted by atomic mass is 16.5. The van der Waals surface area contributed by atoms with E-state index in [2.05, 4.69) is 4.98 Å². The minimum absolute atomic E-state index is 0.160. The first-order chi connectivity index (χ1) is 8.31. The number of ether oxygens (including phenoxy) is 1. The highest BCUT2D eigenvalue weighted by molar-refractivity contribution is 5.83. The van der Waals surface area contributed by atoms with Crippen LogP contribution >= 0.6 is 0 Å². The van der Waals surface area contributed by atoms with Crippen LogP contribution in [0.5, 0.6) is 0 Å². The first-order valence-electron chi connectivity index (χ1n) is 5.64. The zero-order valence-corrected chi connectivity index (χ0v) is 9.60. The van der Waals surface area contributed by atoms with Crippen LogP contribution in [0.25, 0.3) is 10.9 Å². The molecule has 1 aromatic carbocycles. The molecule has 17 heavy (non-hydrogen) atoms. The number of aliphatic hydroxyl groups excluding tert-OH is 1. The van der Waals surface area contributed by atoms with Crippen molar-refractivity contribution in [2.75, 3.05) is 18.9 Å². The SMILES string of the molecule is Nc1ccc2c(COCCCO)cccc2n1. The van der Waals surface area contributed by atoms with E-state index in [9.17, 15) is 0 Å². The van der Waals surface area contributed by atoms with E-state index in [0.717, 1.165) is 16.5 Å². The Kier molecular flexibility index (Phi) is 3.90. The van der Waals surface area contributed by atoms with Crippen LogP contribution in [0.15, 0.2) is 30.3 Å². The molecule has 0 aliphatic rings. The molecule has 2 rings (SSSR count). The maximum absolute atomic E-state index is 8.66. The van der Waals surface area contributed by atoms with Gasteiger partial charge >= 0.3 is 0 Å². The summed E-state index contributed by atoms with van der Waals surface area (Å²) < 4.78 is 5.48. The van der Waals surface area contributed by atoms with Crippen LogP contribution in [-0.2, 0) is 11.3 Å². The number of nitrogens with two attached hydrogens (primary N) is 1. The molecule has 3 N–H and O–H groups in total. The van der Waals surface area contributed by atoms with E-state index in [4.69, 9.17) is 15.6 Å². The molecule has 0 atom stereocenters. The predicted molar refractivity (Wildman–Crippen MR) is 67.5 cm³/mol. The summed E-state index contributed by atoms with van der Waals surface area (Å²) >= 11 is 0. The van der Waals surface area contributed by atoms with Crippen molar-refractivity contribution in [2.24, 2.45) is 0 Å². The molecule has 0 bridgehead atoms. The van der Waals surface area contributed by atoms with Crippen molar-refractivity contribution in [1.82, 2.24) is 4.98 Å². The topological polar surface area (TPSA) is 68.4 Å². The van der Waals surface area contributed by atoms with Crippen molar-refractivity contribution in [3.05, 3.63) is 35.9 Å². The summed E-state index contributed by atoms with van der Waals surface area (Å²) in [4.78, 5) is 4.26. The zero-order valence-electron chi connectivity index (χ0n) is 9.60. The average molecular weight is 232 g/mol. The number of aromatic nitrogens is 1. The Bertz CT molecular complexity index is 500. The lowest BCUT2D eigenvalue weighted by atomic mass is 10.1. The maximum Gasteiger partial charge on any atom is 0.124 e. The number of aliphatic hydroxyl groups is 1. The van der Waals surface area contributed by atoms with E-state index in [1.807, 2.05) is 24.3 Å². The summed E-state index contributed by atoms with van der Waals surface area (Å²) in [6, 6.07) is 9.64. The summed E-state index contributed by atoms with van der Waals surface area (Å²) in [5, 5.41) is 9.72. The second kappa shape index (κ2) is 5.61. The molecule has 0 saturated heterocycles. The Labute approximate surface area is 100 Å². The second-order valence-corrected chi connectivity index (χ2v) is 3.85. The Hall–Kier alpha value is -1.65. The van der Waals surface area contributed by atoms with Gasteiger partial charge in [0.1, 0.15) is 5.82 Å². The quantitative estimate of drug-likeness (QED) is 0.770. The molecule has 2 aromatic rings. The lowest BCUT2D eigenvalue weighted by Gasteiger charge is -2.07. The van der Waals surface area contributed by atoms with Crippen LogP contribution in [0.4, 0.5) is 5.82 Å². The highest BCUT2D eigenvalue weighted by Gasteiger charge is 2.02. The van der Waals surface area contributed by atoms with Crippen LogP contribution in [-0.4, -0.2) is 23.3 Å². The van der Waals surface area contributed by atoms with E-state index < -0.39 is 0 Å². The summed E-state index contributed by atoms with van der Waals surface area (Å²) in [5.41, 5.74) is 7.62. The largest absolute Gasteiger partial charge is 0.396 e. The summed E-state index contributed by atoms with van der Waals surface area (Å²) in [6.07, 6.45) is 0.663. The minimum Gasteiger partial charge on any atom is -0.396 e. The van der Waals surface area contributed by atoms with E-state index in [-0.39, 0.29) is 6.61 Å². The van der Waals surface area contributed by atoms with Gasteiger partial charge < -0.3 is 15.6 Å². The average Bonchev–Trinajstić information content (AvgIpc) is 2.34. The fourth-order valence-corrected chi connectivity index (χ4v) is 1.71. The molecule has 4 heteroatoms. The monoisotopic (exact) mass is 232 g/mol. The van der Waals surface area contributed by atoms with Gasteiger partial charge in [0.05, 0.1) is 12.1 Å². The second-order valence-electron chi connectivity index (χ2n) is 3.85. The first kappa shape index (κ1) is 11.8. The molecule has 1 heterocycles. The Morgan fingerprint density at radius 3 is 2.94 bits per heavy atom. The third-order valence-electron chi connectivity index (χ3n) is 2.55. The van der Waals surface area contributed by atoms with E-state index in [1.54, 1.807) is 6.07 Å². The molecule has 0 unspecified atom stereocenters. The normalized spacial score (nSPS) is 10.9. The molecule has 4 nitrogen and oxygen atoms in total. The van der Waals surface area contributed by atoms with Gasteiger partial charge in [0, 0.05) is 18.6 Å². The molecule has 0 spiro atoms. The maximum atomic E-state index is 8.66. The molecule has 1 aromatic heterocycles. The number of rotatable bonds is 5. The van der Waals surface area contributed by atoms with Crippen LogP contribution in [0, 0.1) is 0 Å². The number of nitrogen functional groups attached to an aromatic ring is 1. The Morgan fingerprint density at radius 2 is 2.12 bits per heavy atom. The first-order valence-corrected chi connectivity index (χ1v) is 5.64. The predicted octanol–water partition coefficient (Wildman–Crippen LogP) is 1.72. The number of pyridine rings is 1. The van der Waals surface area contributed by atoms with E-state index in [0.29, 0.717) is 25.5 Å². The molecular weight excluding hydrogens is 216 g/mol. The van der Waals surface area contributed by atoms with Crippen molar-refractivity contribution in [2.45, 2.75) is 13.0 Å². The molecule has 0 aliphatic heterocycles. The number of hydrogen-bond acceptors (Lipinski definition) is 4. The molecule has 0 amide bonds. The van der Waals surface area contributed by atoms with Gasteiger partial charge in [-0.25, -0.2) is 4.98 Å². The number of fused-ring (bicyclic) bond motifs is 1. The van der Waals surface area contributed by atoms with Gasteiger partial charge in [0.15, 0.2) is 0 Å².